The van der Waals surface area contributed by atoms with E-state index in [4.69, 9.17) is 23.8 Å². The number of nitrogens with one attached hydrogen (secondary N) is 4. The van der Waals surface area contributed by atoms with Crippen molar-refractivity contribution in [1.82, 2.24) is 25.4 Å². The number of nitrogens with zero attached hydrogens (tertiary/aromatic N) is 3. The summed E-state index contributed by atoms with van der Waals surface area (Å²) in [6.45, 7) is 0. The van der Waals surface area contributed by atoms with Crippen molar-refractivity contribution in [2.75, 3.05) is 10.0 Å². The van der Waals surface area contributed by atoms with Gasteiger partial charge in [0.25, 0.3) is 10.0 Å². The zero-order chi connectivity index (χ0) is 17.2. The molecule has 9 nitrogen and oxygen atoms in total. The summed E-state index contributed by atoms with van der Waals surface area (Å²) in [6, 6.07) is 7.45. The van der Waals surface area contributed by atoms with E-state index in [0.29, 0.717) is 16.4 Å². The molecule has 0 aliphatic rings. The number of rotatable bonds is 5. The molecule has 0 fully saturated rings. The minimum absolute atomic E-state index is 0.0796. The van der Waals surface area contributed by atoms with Crippen molar-refractivity contribution in [2.45, 2.75) is 4.90 Å². The molecule has 0 amide bonds. The third kappa shape index (κ3) is 3.88. The van der Waals surface area contributed by atoms with Crippen LogP contribution in [-0.4, -0.2) is 33.8 Å². The number of hydrogen-bond donors (Lipinski definition) is 4. The van der Waals surface area contributed by atoms with Crippen LogP contribution in [0.15, 0.2) is 41.4 Å². The van der Waals surface area contributed by atoms with E-state index in [-0.39, 0.29) is 15.7 Å². The largest absolute Gasteiger partial charge is 0.325 e. The predicted octanol–water partition coefficient (Wildman–Crippen LogP) is 2.46. The highest BCUT2D eigenvalue weighted by molar-refractivity contribution is 7.92. The van der Waals surface area contributed by atoms with E-state index in [9.17, 15) is 8.42 Å². The van der Waals surface area contributed by atoms with Gasteiger partial charge in [0, 0.05) is 11.8 Å². The third-order valence-electron chi connectivity index (χ3n) is 2.81. The lowest BCUT2D eigenvalue weighted by atomic mass is 10.3. The second kappa shape index (κ2) is 6.55. The quantitative estimate of drug-likeness (QED) is 0.498. The maximum Gasteiger partial charge on any atom is 0.261 e. The van der Waals surface area contributed by atoms with E-state index >= 15 is 0 Å². The summed E-state index contributed by atoms with van der Waals surface area (Å²) in [5, 5.41) is 15.5. The van der Waals surface area contributed by atoms with Crippen LogP contribution in [-0.2, 0) is 10.0 Å². The molecule has 2 heterocycles. The Morgan fingerprint density at radius 1 is 1.12 bits per heavy atom. The van der Waals surface area contributed by atoms with Crippen LogP contribution in [0.3, 0.4) is 0 Å². The van der Waals surface area contributed by atoms with Crippen LogP contribution in [0.2, 0.25) is 5.15 Å². The summed E-state index contributed by atoms with van der Waals surface area (Å²) in [7, 11) is -3.77. The molecule has 0 bridgehead atoms. The Balaban J connectivity index is 1.77. The third-order valence-corrected chi connectivity index (χ3v) is 4.58. The first-order chi connectivity index (χ1) is 11.4. The Hall–Kier alpha value is -2.50. The van der Waals surface area contributed by atoms with Gasteiger partial charge < -0.3 is 5.32 Å². The monoisotopic (exact) mass is 383 g/mol. The number of halogens is 1. The molecule has 0 atom stereocenters. The molecule has 0 aliphatic heterocycles. The number of sulfonamides is 1. The summed E-state index contributed by atoms with van der Waals surface area (Å²) in [4.78, 5) is 4.06. The van der Waals surface area contributed by atoms with Crippen LogP contribution in [0.4, 0.5) is 17.3 Å². The SMILES string of the molecule is O=S(=O)(Nc1cnnc(Cl)c1)c1ccc(Nc2nc(=S)[nH][nH]2)cc1. The maximum absolute atomic E-state index is 12.3. The molecule has 0 aliphatic carbocycles. The number of aromatic amines is 2. The Kier molecular flexibility index (Phi) is 4.46. The van der Waals surface area contributed by atoms with E-state index < -0.39 is 10.0 Å². The first kappa shape index (κ1) is 16.4. The molecule has 3 aromatic rings. The van der Waals surface area contributed by atoms with Gasteiger partial charge in [0.1, 0.15) is 0 Å². The predicted molar refractivity (Wildman–Crippen MR) is 91.3 cm³/mol. The van der Waals surface area contributed by atoms with Crippen molar-refractivity contribution in [2.24, 2.45) is 0 Å². The van der Waals surface area contributed by atoms with Gasteiger partial charge in [-0.3, -0.25) is 14.9 Å². The number of aromatic nitrogens is 5. The summed E-state index contributed by atoms with van der Waals surface area (Å²) in [5.74, 6) is 0.422. The molecular formula is C12H10ClN7O2S2. The fraction of sp³-hybridized carbons (Fsp3) is 0. The molecule has 124 valence electrons. The first-order valence-electron chi connectivity index (χ1n) is 6.45. The number of benzene rings is 1. The summed E-state index contributed by atoms with van der Waals surface area (Å²) < 4.78 is 27.3. The molecule has 0 saturated heterocycles. The van der Waals surface area contributed by atoms with Crippen LogP contribution in [0.5, 0.6) is 0 Å². The summed E-state index contributed by atoms with van der Waals surface area (Å²) in [5.41, 5.74) is 0.863. The zero-order valence-electron chi connectivity index (χ0n) is 11.8. The lowest BCUT2D eigenvalue weighted by Crippen LogP contribution is -2.13. The lowest BCUT2D eigenvalue weighted by Gasteiger charge is -2.08. The van der Waals surface area contributed by atoms with Crippen LogP contribution < -0.4 is 10.0 Å². The van der Waals surface area contributed by atoms with Gasteiger partial charge in [-0.2, -0.15) is 10.1 Å². The Morgan fingerprint density at radius 2 is 1.88 bits per heavy atom. The summed E-state index contributed by atoms with van der Waals surface area (Å²) in [6.07, 6.45) is 1.26. The van der Waals surface area contributed by atoms with E-state index in [1.54, 1.807) is 12.1 Å². The number of anilines is 3. The van der Waals surface area contributed by atoms with E-state index in [0.717, 1.165) is 0 Å². The minimum atomic E-state index is -3.77. The molecule has 4 N–H and O–H groups in total. The molecule has 12 heteroatoms. The van der Waals surface area contributed by atoms with Gasteiger partial charge in [0.05, 0.1) is 16.8 Å². The average Bonchev–Trinajstić information content (AvgIpc) is 2.92. The second-order valence-electron chi connectivity index (χ2n) is 4.54. The van der Waals surface area contributed by atoms with Gasteiger partial charge in [-0.05, 0) is 36.5 Å². The van der Waals surface area contributed by atoms with Crippen molar-refractivity contribution in [3.05, 3.63) is 46.5 Å². The normalized spacial score (nSPS) is 11.2. The van der Waals surface area contributed by atoms with Crippen molar-refractivity contribution in [3.63, 3.8) is 0 Å². The molecule has 3 rings (SSSR count). The van der Waals surface area contributed by atoms with Gasteiger partial charge in [-0.25, -0.2) is 8.42 Å². The molecule has 0 spiro atoms. The second-order valence-corrected chi connectivity index (χ2v) is 6.99. The van der Waals surface area contributed by atoms with Gasteiger partial charge in [-0.1, -0.05) is 11.6 Å². The molecule has 1 aromatic carbocycles. The molecule has 0 saturated carbocycles. The highest BCUT2D eigenvalue weighted by atomic mass is 35.5. The highest BCUT2D eigenvalue weighted by Crippen LogP contribution is 2.20. The van der Waals surface area contributed by atoms with Gasteiger partial charge in [0.2, 0.25) is 10.7 Å². The molecule has 0 radical (unpaired) electrons. The lowest BCUT2D eigenvalue weighted by molar-refractivity contribution is 0.601. The van der Waals surface area contributed by atoms with Crippen LogP contribution in [0, 0.1) is 4.77 Å². The molecular weight excluding hydrogens is 374 g/mol. The van der Waals surface area contributed by atoms with Crippen molar-refractivity contribution in [3.8, 4) is 0 Å². The van der Waals surface area contributed by atoms with Crippen LogP contribution in [0.1, 0.15) is 0 Å². The zero-order valence-corrected chi connectivity index (χ0v) is 14.2. The van der Waals surface area contributed by atoms with E-state index in [1.165, 1.54) is 24.4 Å². The smallest absolute Gasteiger partial charge is 0.261 e. The van der Waals surface area contributed by atoms with Gasteiger partial charge in [-0.15, -0.1) is 5.10 Å². The van der Waals surface area contributed by atoms with E-state index in [1.807, 2.05) is 0 Å². The van der Waals surface area contributed by atoms with Crippen molar-refractivity contribution < 1.29 is 8.42 Å². The Bertz CT molecular complexity index is 1010. The Labute approximate surface area is 146 Å². The number of H-pyrrole nitrogens is 2. The summed E-state index contributed by atoms with van der Waals surface area (Å²) >= 11 is 10.5. The fourth-order valence-corrected chi connectivity index (χ4v) is 3.13. The highest BCUT2D eigenvalue weighted by Gasteiger charge is 2.14. The topological polar surface area (TPSA) is 128 Å². The standard InChI is InChI=1S/C12H10ClN7O2S2/c13-10-5-8(6-14-17-10)20-24(21,22)9-3-1-7(2-4-9)15-11-16-12(23)19-18-11/h1-6H,(H,17,20)(H3,15,16,18,19,23). The van der Waals surface area contributed by atoms with Crippen molar-refractivity contribution >= 4 is 51.2 Å². The minimum Gasteiger partial charge on any atom is -0.325 e. The molecule has 0 unspecified atom stereocenters. The molecule has 24 heavy (non-hydrogen) atoms. The van der Waals surface area contributed by atoms with Gasteiger partial charge >= 0.3 is 0 Å². The van der Waals surface area contributed by atoms with Gasteiger partial charge in [0.15, 0.2) is 5.15 Å². The first-order valence-corrected chi connectivity index (χ1v) is 8.72. The fourth-order valence-electron chi connectivity index (χ4n) is 1.79. The number of hydrogen-bond acceptors (Lipinski definition) is 7. The molecule has 2 aromatic heterocycles. The average molecular weight is 384 g/mol. The van der Waals surface area contributed by atoms with E-state index in [2.05, 4.69) is 35.4 Å². The maximum atomic E-state index is 12.3. The van der Waals surface area contributed by atoms with Crippen LogP contribution >= 0.6 is 23.8 Å². The van der Waals surface area contributed by atoms with Crippen LogP contribution in [0.25, 0.3) is 0 Å². The van der Waals surface area contributed by atoms with Crippen molar-refractivity contribution in [1.29, 1.82) is 0 Å². The Morgan fingerprint density at radius 3 is 2.50 bits per heavy atom.